The Morgan fingerprint density at radius 2 is 1.97 bits per heavy atom. The largest absolute Gasteiger partial charge is 0.369 e. The summed E-state index contributed by atoms with van der Waals surface area (Å²) in [5, 5.41) is 14.7. The Labute approximate surface area is 176 Å². The highest BCUT2D eigenvalue weighted by Crippen LogP contribution is 2.22. The number of rotatable bonds is 7. The van der Waals surface area contributed by atoms with Crippen molar-refractivity contribution in [3.63, 3.8) is 0 Å². The average Bonchev–Trinajstić information content (AvgIpc) is 2.77. The maximum atomic E-state index is 13.2. The lowest BCUT2D eigenvalue weighted by Crippen LogP contribution is -2.43. The number of nitrogens with zero attached hydrogens (tertiary/aromatic N) is 4. The van der Waals surface area contributed by atoms with Gasteiger partial charge in [-0.1, -0.05) is 26.0 Å². The van der Waals surface area contributed by atoms with Crippen LogP contribution in [0.15, 0.2) is 41.5 Å². The summed E-state index contributed by atoms with van der Waals surface area (Å²) in [6, 6.07) is 9.03. The Morgan fingerprint density at radius 1 is 1.27 bits per heavy atom. The van der Waals surface area contributed by atoms with Gasteiger partial charge in [-0.3, -0.25) is 14.2 Å². The van der Waals surface area contributed by atoms with Crippen molar-refractivity contribution < 1.29 is 4.79 Å². The predicted octanol–water partition coefficient (Wildman–Crippen LogP) is 1.55. The predicted molar refractivity (Wildman–Crippen MR) is 116 cm³/mol. The van der Waals surface area contributed by atoms with E-state index in [1.807, 2.05) is 44.2 Å². The maximum Gasteiger partial charge on any atom is 0.277 e. The summed E-state index contributed by atoms with van der Waals surface area (Å²) in [6.07, 6.45) is 3.58. The molecular formula is C22H28N6O2. The molecule has 0 radical (unpaired) electrons. The minimum atomic E-state index is -0.687. The van der Waals surface area contributed by atoms with Gasteiger partial charge in [0.2, 0.25) is 5.91 Å². The van der Waals surface area contributed by atoms with Crippen molar-refractivity contribution in [3.8, 4) is 17.3 Å². The third-order valence-corrected chi connectivity index (χ3v) is 5.17. The van der Waals surface area contributed by atoms with Gasteiger partial charge in [0.25, 0.3) is 5.56 Å². The lowest BCUT2D eigenvalue weighted by Gasteiger charge is -2.29. The molecule has 1 aromatic carbocycles. The number of piperazine rings is 1. The highest BCUT2D eigenvalue weighted by molar-refractivity contribution is 5.80. The van der Waals surface area contributed by atoms with Crippen LogP contribution < -0.4 is 21.1 Å². The zero-order valence-electron chi connectivity index (χ0n) is 17.5. The lowest BCUT2D eigenvalue weighted by molar-refractivity contribution is -0.124. The summed E-state index contributed by atoms with van der Waals surface area (Å²) in [5.41, 5.74) is 1.83. The van der Waals surface area contributed by atoms with Crippen molar-refractivity contribution in [2.24, 2.45) is 5.92 Å². The second-order valence-corrected chi connectivity index (χ2v) is 7.79. The Balaban J connectivity index is 1.90. The Bertz CT molecular complexity index is 955. The van der Waals surface area contributed by atoms with Gasteiger partial charge in [-0.15, -0.1) is 0 Å². The standard InChI is InChI=1S/C22H28N6O2/c1-16(2)15-19(21(29)26-8-7-23)28-14-11-25-20(22(28)30)17-3-5-18(6-4-17)27-12-9-24-10-13-27/h3-6,11,14,16,19,24H,8-10,12-13,15H2,1-2H3,(H,26,29)/t19-/m0/s1. The van der Waals surface area contributed by atoms with E-state index in [9.17, 15) is 9.59 Å². The number of anilines is 1. The van der Waals surface area contributed by atoms with E-state index >= 15 is 0 Å². The fourth-order valence-electron chi connectivity index (χ4n) is 3.66. The molecule has 1 saturated heterocycles. The van der Waals surface area contributed by atoms with Crippen LogP contribution in [0.2, 0.25) is 0 Å². The molecule has 1 aliphatic heterocycles. The number of carbonyl (C=O) groups is 1. The van der Waals surface area contributed by atoms with Gasteiger partial charge in [-0.05, 0) is 24.5 Å². The van der Waals surface area contributed by atoms with Crippen LogP contribution in [0.4, 0.5) is 5.69 Å². The number of aromatic nitrogens is 2. The molecule has 1 atom stereocenters. The van der Waals surface area contributed by atoms with E-state index in [2.05, 4.69) is 20.5 Å². The zero-order chi connectivity index (χ0) is 21.5. The van der Waals surface area contributed by atoms with E-state index in [1.54, 1.807) is 12.4 Å². The summed E-state index contributed by atoms with van der Waals surface area (Å²) in [7, 11) is 0. The molecule has 1 fully saturated rings. The zero-order valence-corrected chi connectivity index (χ0v) is 17.5. The van der Waals surface area contributed by atoms with E-state index in [0.29, 0.717) is 17.7 Å². The van der Waals surface area contributed by atoms with Gasteiger partial charge in [-0.2, -0.15) is 5.26 Å². The molecule has 8 nitrogen and oxygen atoms in total. The highest BCUT2D eigenvalue weighted by atomic mass is 16.2. The molecule has 0 saturated carbocycles. The molecule has 3 rings (SSSR count). The van der Waals surface area contributed by atoms with Crippen LogP contribution in [-0.2, 0) is 4.79 Å². The molecular weight excluding hydrogens is 380 g/mol. The Kier molecular flexibility index (Phi) is 7.20. The topological polar surface area (TPSA) is 103 Å². The van der Waals surface area contributed by atoms with E-state index in [1.165, 1.54) is 4.57 Å². The van der Waals surface area contributed by atoms with Gasteiger partial charge in [0.15, 0.2) is 0 Å². The first-order valence-electron chi connectivity index (χ1n) is 10.3. The number of carbonyl (C=O) groups excluding carboxylic acids is 1. The maximum absolute atomic E-state index is 13.2. The molecule has 158 valence electrons. The van der Waals surface area contributed by atoms with Crippen molar-refractivity contribution in [2.75, 3.05) is 37.6 Å². The molecule has 0 spiro atoms. The fourth-order valence-corrected chi connectivity index (χ4v) is 3.66. The van der Waals surface area contributed by atoms with Gasteiger partial charge in [0.1, 0.15) is 18.3 Å². The normalized spacial score (nSPS) is 14.9. The first-order valence-corrected chi connectivity index (χ1v) is 10.3. The number of nitrogens with one attached hydrogen (secondary N) is 2. The van der Waals surface area contributed by atoms with Crippen LogP contribution in [0.3, 0.4) is 0 Å². The smallest absolute Gasteiger partial charge is 0.277 e. The van der Waals surface area contributed by atoms with Crippen molar-refractivity contribution >= 4 is 11.6 Å². The van der Waals surface area contributed by atoms with Crippen molar-refractivity contribution in [3.05, 3.63) is 47.0 Å². The van der Waals surface area contributed by atoms with Gasteiger partial charge in [-0.25, -0.2) is 4.98 Å². The Morgan fingerprint density at radius 3 is 2.60 bits per heavy atom. The summed E-state index contributed by atoms with van der Waals surface area (Å²) in [6.45, 7) is 7.71. The van der Waals surface area contributed by atoms with E-state index in [0.717, 1.165) is 31.9 Å². The first kappa shape index (κ1) is 21.5. The van der Waals surface area contributed by atoms with Crippen LogP contribution in [0, 0.1) is 17.2 Å². The number of nitriles is 1. The minimum Gasteiger partial charge on any atom is -0.369 e. The molecule has 0 aliphatic carbocycles. The van der Waals surface area contributed by atoms with Gasteiger partial charge < -0.3 is 15.5 Å². The molecule has 30 heavy (non-hydrogen) atoms. The van der Waals surface area contributed by atoms with E-state index in [-0.39, 0.29) is 23.9 Å². The molecule has 8 heteroatoms. The van der Waals surface area contributed by atoms with Crippen molar-refractivity contribution in [2.45, 2.75) is 26.3 Å². The Hall–Kier alpha value is -3.18. The second-order valence-electron chi connectivity index (χ2n) is 7.79. The van der Waals surface area contributed by atoms with Crippen molar-refractivity contribution in [1.82, 2.24) is 20.2 Å². The third-order valence-electron chi connectivity index (χ3n) is 5.17. The highest BCUT2D eigenvalue weighted by Gasteiger charge is 2.24. The molecule has 1 aromatic heterocycles. The number of hydrogen-bond acceptors (Lipinski definition) is 6. The molecule has 2 N–H and O–H groups in total. The van der Waals surface area contributed by atoms with Crippen LogP contribution in [0.1, 0.15) is 26.3 Å². The fraction of sp³-hybridized carbons (Fsp3) is 0.455. The first-order chi connectivity index (χ1) is 14.5. The van der Waals surface area contributed by atoms with Gasteiger partial charge >= 0.3 is 0 Å². The summed E-state index contributed by atoms with van der Waals surface area (Å²) >= 11 is 0. The van der Waals surface area contributed by atoms with Crippen LogP contribution in [-0.4, -0.2) is 48.2 Å². The monoisotopic (exact) mass is 408 g/mol. The average molecular weight is 409 g/mol. The van der Waals surface area contributed by atoms with E-state index < -0.39 is 6.04 Å². The number of amides is 1. The van der Waals surface area contributed by atoms with Gasteiger partial charge in [0.05, 0.1) is 6.07 Å². The number of hydrogen-bond donors (Lipinski definition) is 2. The minimum absolute atomic E-state index is 0.0897. The summed E-state index contributed by atoms with van der Waals surface area (Å²) in [5.74, 6) is -0.136. The lowest BCUT2D eigenvalue weighted by atomic mass is 10.0. The molecule has 1 aliphatic rings. The molecule has 0 bridgehead atoms. The van der Waals surface area contributed by atoms with Gasteiger partial charge in [0, 0.05) is 49.8 Å². The second kappa shape index (κ2) is 10.0. The van der Waals surface area contributed by atoms with Crippen LogP contribution >= 0.6 is 0 Å². The van der Waals surface area contributed by atoms with Crippen LogP contribution in [0.25, 0.3) is 11.3 Å². The third kappa shape index (κ3) is 5.05. The molecule has 2 aromatic rings. The van der Waals surface area contributed by atoms with E-state index in [4.69, 9.17) is 5.26 Å². The SMILES string of the molecule is CC(C)C[C@@H](C(=O)NCC#N)n1ccnc(-c2ccc(N3CCNCC3)cc2)c1=O. The van der Waals surface area contributed by atoms with Crippen LogP contribution in [0.5, 0.6) is 0 Å². The number of benzene rings is 1. The quantitative estimate of drug-likeness (QED) is 0.674. The summed E-state index contributed by atoms with van der Waals surface area (Å²) < 4.78 is 1.43. The van der Waals surface area contributed by atoms with Crippen molar-refractivity contribution in [1.29, 1.82) is 5.26 Å². The molecule has 0 unspecified atom stereocenters. The summed E-state index contributed by atoms with van der Waals surface area (Å²) in [4.78, 5) is 32.4. The molecule has 2 heterocycles. The molecule has 1 amide bonds.